The van der Waals surface area contributed by atoms with Gasteiger partial charge in [0.1, 0.15) is 0 Å². The van der Waals surface area contributed by atoms with E-state index in [1.54, 1.807) is 17.0 Å². The Morgan fingerprint density at radius 2 is 1.68 bits per heavy atom. The number of methoxy groups -OCH3 is 2. The van der Waals surface area contributed by atoms with Crippen LogP contribution < -0.4 is 14.8 Å². The Morgan fingerprint density at radius 3 is 2.18 bits per heavy atom. The highest BCUT2D eigenvalue weighted by molar-refractivity contribution is 14.1. The number of carbonyl (C=O) groups is 2. The number of nitrogens with zero attached hydrogens (tertiary/aromatic N) is 1. The fraction of sp³-hybridized carbons (Fsp3) is 0.467. The summed E-state index contributed by atoms with van der Waals surface area (Å²) >= 11 is 2.05. The lowest BCUT2D eigenvalue weighted by atomic mass is 10.2. The van der Waals surface area contributed by atoms with E-state index in [0.29, 0.717) is 30.2 Å². The molecule has 0 aliphatic heterocycles. The van der Waals surface area contributed by atoms with Crippen molar-refractivity contribution in [2.45, 2.75) is 13.8 Å². The zero-order valence-electron chi connectivity index (χ0n) is 13.2. The minimum atomic E-state index is -0.314. The average molecular weight is 420 g/mol. The lowest BCUT2D eigenvalue weighted by molar-refractivity contribution is -0.129. The molecule has 1 aromatic rings. The summed E-state index contributed by atoms with van der Waals surface area (Å²) in [6.45, 7) is 5.03. The summed E-state index contributed by atoms with van der Waals surface area (Å²) in [6.07, 6.45) is 0. The molecule has 1 rings (SSSR count). The maximum Gasteiger partial charge on any atom is 0.252 e. The van der Waals surface area contributed by atoms with Crippen molar-refractivity contribution in [3.63, 3.8) is 0 Å². The van der Waals surface area contributed by atoms with Crippen LogP contribution in [0.15, 0.2) is 12.1 Å². The predicted molar refractivity (Wildman–Crippen MR) is 92.5 cm³/mol. The van der Waals surface area contributed by atoms with Crippen LogP contribution in [0, 0.1) is 3.57 Å². The molecule has 122 valence electrons. The van der Waals surface area contributed by atoms with Gasteiger partial charge < -0.3 is 19.7 Å². The third kappa shape index (κ3) is 4.49. The molecule has 0 bridgehead atoms. The molecule has 1 aromatic carbocycles. The molecule has 0 heterocycles. The fourth-order valence-electron chi connectivity index (χ4n) is 1.97. The Balaban J connectivity index is 2.84. The van der Waals surface area contributed by atoms with Crippen molar-refractivity contribution in [3.05, 3.63) is 21.3 Å². The van der Waals surface area contributed by atoms with Gasteiger partial charge in [-0.15, -0.1) is 0 Å². The first-order valence-corrected chi connectivity index (χ1v) is 8.03. The van der Waals surface area contributed by atoms with Gasteiger partial charge in [-0.05, 0) is 48.6 Å². The molecule has 0 atom stereocenters. The second-order valence-corrected chi connectivity index (χ2v) is 5.60. The Bertz CT molecular complexity index is 545. The smallest absolute Gasteiger partial charge is 0.252 e. The Morgan fingerprint density at radius 1 is 1.14 bits per heavy atom. The summed E-state index contributed by atoms with van der Waals surface area (Å²) in [7, 11) is 3.05. The first kappa shape index (κ1) is 18.5. The molecule has 0 aromatic heterocycles. The van der Waals surface area contributed by atoms with E-state index in [9.17, 15) is 9.59 Å². The third-order valence-corrected chi connectivity index (χ3v) is 4.13. The molecule has 0 fully saturated rings. The Labute approximate surface area is 144 Å². The lowest BCUT2D eigenvalue weighted by Crippen LogP contribution is -2.40. The summed E-state index contributed by atoms with van der Waals surface area (Å²) in [5.74, 6) is 0.616. The van der Waals surface area contributed by atoms with Gasteiger partial charge in [-0.25, -0.2) is 0 Å². The van der Waals surface area contributed by atoms with Crippen molar-refractivity contribution in [2.24, 2.45) is 0 Å². The van der Waals surface area contributed by atoms with Crippen LogP contribution in [-0.2, 0) is 4.79 Å². The zero-order valence-corrected chi connectivity index (χ0v) is 15.4. The van der Waals surface area contributed by atoms with Crippen molar-refractivity contribution in [1.82, 2.24) is 10.2 Å². The van der Waals surface area contributed by atoms with E-state index in [4.69, 9.17) is 9.47 Å². The van der Waals surface area contributed by atoms with Crippen LogP contribution in [0.3, 0.4) is 0 Å². The minimum absolute atomic E-state index is 0.0229. The van der Waals surface area contributed by atoms with E-state index in [2.05, 4.69) is 27.9 Å². The van der Waals surface area contributed by atoms with E-state index < -0.39 is 0 Å². The minimum Gasteiger partial charge on any atom is -0.493 e. The van der Waals surface area contributed by atoms with Crippen LogP contribution in [0.25, 0.3) is 0 Å². The molecule has 0 saturated heterocycles. The van der Waals surface area contributed by atoms with Gasteiger partial charge in [-0.3, -0.25) is 9.59 Å². The molecule has 0 unspecified atom stereocenters. The first-order chi connectivity index (χ1) is 10.5. The number of benzene rings is 1. The van der Waals surface area contributed by atoms with Gasteiger partial charge in [0.15, 0.2) is 11.5 Å². The second-order valence-electron chi connectivity index (χ2n) is 4.44. The summed E-state index contributed by atoms with van der Waals surface area (Å²) in [6, 6.07) is 3.33. The normalized spacial score (nSPS) is 10.0. The van der Waals surface area contributed by atoms with Gasteiger partial charge in [0.25, 0.3) is 5.91 Å². The number of rotatable bonds is 7. The Kier molecular flexibility index (Phi) is 7.43. The molecule has 0 aliphatic rings. The van der Waals surface area contributed by atoms with E-state index in [1.165, 1.54) is 14.2 Å². The molecular weight excluding hydrogens is 399 g/mol. The SMILES string of the molecule is CCN(CC)C(=O)CNC(=O)c1cc(OC)c(OC)cc1I. The molecule has 1 N–H and O–H groups in total. The summed E-state index contributed by atoms with van der Waals surface area (Å²) in [5.41, 5.74) is 0.450. The highest BCUT2D eigenvalue weighted by Crippen LogP contribution is 2.31. The van der Waals surface area contributed by atoms with Gasteiger partial charge in [0.2, 0.25) is 5.91 Å². The average Bonchev–Trinajstić information content (AvgIpc) is 2.53. The van der Waals surface area contributed by atoms with Crippen LogP contribution in [0.1, 0.15) is 24.2 Å². The number of likely N-dealkylation sites (N-methyl/N-ethyl adjacent to an activating group) is 1. The van der Waals surface area contributed by atoms with Crippen LogP contribution in [0.5, 0.6) is 11.5 Å². The van der Waals surface area contributed by atoms with Gasteiger partial charge in [-0.1, -0.05) is 0 Å². The van der Waals surface area contributed by atoms with Crippen molar-refractivity contribution < 1.29 is 19.1 Å². The zero-order chi connectivity index (χ0) is 16.7. The molecule has 7 heteroatoms. The van der Waals surface area contributed by atoms with Crippen LogP contribution in [-0.4, -0.2) is 50.6 Å². The van der Waals surface area contributed by atoms with E-state index >= 15 is 0 Å². The number of carbonyl (C=O) groups excluding carboxylic acids is 2. The monoisotopic (exact) mass is 420 g/mol. The van der Waals surface area contributed by atoms with Gasteiger partial charge in [0, 0.05) is 16.7 Å². The lowest BCUT2D eigenvalue weighted by Gasteiger charge is -2.19. The summed E-state index contributed by atoms with van der Waals surface area (Å²) < 4.78 is 11.1. The summed E-state index contributed by atoms with van der Waals surface area (Å²) in [4.78, 5) is 25.8. The maximum atomic E-state index is 12.3. The first-order valence-electron chi connectivity index (χ1n) is 6.95. The van der Waals surface area contributed by atoms with Crippen molar-refractivity contribution in [1.29, 1.82) is 0 Å². The van der Waals surface area contributed by atoms with Gasteiger partial charge in [-0.2, -0.15) is 0 Å². The number of amides is 2. The molecule has 6 nitrogen and oxygen atoms in total. The highest BCUT2D eigenvalue weighted by atomic mass is 127. The predicted octanol–water partition coefficient (Wildman–Crippen LogP) is 1.91. The third-order valence-electron chi connectivity index (χ3n) is 3.23. The molecule has 0 radical (unpaired) electrons. The van der Waals surface area contributed by atoms with E-state index in [1.807, 2.05) is 13.8 Å². The molecule has 22 heavy (non-hydrogen) atoms. The van der Waals surface area contributed by atoms with Gasteiger partial charge >= 0.3 is 0 Å². The number of halogens is 1. The van der Waals surface area contributed by atoms with Crippen molar-refractivity contribution in [3.8, 4) is 11.5 Å². The largest absolute Gasteiger partial charge is 0.493 e. The van der Waals surface area contributed by atoms with Crippen molar-refractivity contribution in [2.75, 3.05) is 33.9 Å². The summed E-state index contributed by atoms with van der Waals surface area (Å²) in [5, 5.41) is 2.65. The standard InChI is InChI=1S/C15H21IN2O4/c1-5-18(6-2)14(19)9-17-15(20)10-7-12(21-3)13(22-4)8-11(10)16/h7-8H,5-6,9H2,1-4H3,(H,17,20). The van der Waals surface area contributed by atoms with E-state index in [0.717, 1.165) is 3.57 Å². The number of hydrogen-bond donors (Lipinski definition) is 1. The second kappa shape index (κ2) is 8.82. The number of ether oxygens (including phenoxy) is 2. The van der Waals surface area contributed by atoms with Crippen molar-refractivity contribution >= 4 is 34.4 Å². The highest BCUT2D eigenvalue weighted by Gasteiger charge is 2.17. The topological polar surface area (TPSA) is 67.9 Å². The maximum absolute atomic E-state index is 12.3. The van der Waals surface area contributed by atoms with Gasteiger partial charge in [0.05, 0.1) is 26.3 Å². The molecule has 0 aliphatic carbocycles. The van der Waals surface area contributed by atoms with Crippen LogP contribution >= 0.6 is 22.6 Å². The quantitative estimate of drug-likeness (QED) is 0.685. The van der Waals surface area contributed by atoms with E-state index in [-0.39, 0.29) is 18.4 Å². The van der Waals surface area contributed by atoms with Crippen LogP contribution in [0.2, 0.25) is 0 Å². The number of hydrogen-bond acceptors (Lipinski definition) is 4. The molecular formula is C15H21IN2O4. The Hall–Kier alpha value is -1.51. The molecule has 2 amide bonds. The fourth-order valence-corrected chi connectivity index (χ4v) is 2.65. The molecule has 0 spiro atoms. The van der Waals surface area contributed by atoms with Crippen LogP contribution in [0.4, 0.5) is 0 Å². The number of nitrogens with one attached hydrogen (secondary N) is 1. The molecule has 0 saturated carbocycles.